The molecule has 49 heavy (non-hydrogen) atoms. The summed E-state index contributed by atoms with van der Waals surface area (Å²) >= 11 is 6.93. The van der Waals surface area contributed by atoms with Crippen LogP contribution >= 0.6 is 11.6 Å². The van der Waals surface area contributed by atoms with Gasteiger partial charge in [0, 0.05) is 61.7 Å². The number of hydrogen-bond donors (Lipinski definition) is 4. The highest BCUT2D eigenvalue weighted by molar-refractivity contribution is 6.33. The minimum atomic E-state index is -1.39. The maximum Gasteiger partial charge on any atom is 0.407 e. The maximum atomic E-state index is 14.3. The number of benzene rings is 3. The largest absolute Gasteiger partial charge is 0.465 e. The van der Waals surface area contributed by atoms with Gasteiger partial charge in [-0.15, -0.1) is 10.2 Å². The lowest BCUT2D eigenvalue weighted by Gasteiger charge is -2.44. The number of halogens is 1. The van der Waals surface area contributed by atoms with Crippen molar-refractivity contribution in [3.8, 4) is 11.1 Å². The molecule has 1 aromatic heterocycles. The van der Waals surface area contributed by atoms with E-state index in [0.717, 1.165) is 34.2 Å². The molecule has 2 atom stereocenters. The van der Waals surface area contributed by atoms with E-state index >= 15 is 0 Å². The van der Waals surface area contributed by atoms with Crippen LogP contribution in [0.25, 0.3) is 11.1 Å². The number of likely N-dealkylation sites (tertiary alicyclic amines) is 1. The quantitative estimate of drug-likeness (QED) is 0.132. The molecule has 1 fully saturated rings. The molecular formula is C37H46ClN7O4. The minimum Gasteiger partial charge on any atom is -0.465 e. The van der Waals surface area contributed by atoms with E-state index in [-0.39, 0.29) is 18.4 Å². The highest BCUT2D eigenvalue weighted by atomic mass is 35.5. The van der Waals surface area contributed by atoms with Gasteiger partial charge in [-0.05, 0) is 85.5 Å². The monoisotopic (exact) mass is 687 g/mol. The molecular weight excluding hydrogens is 642 g/mol. The van der Waals surface area contributed by atoms with Crippen molar-refractivity contribution in [2.75, 3.05) is 33.7 Å². The predicted octanol–water partition coefficient (Wildman–Crippen LogP) is 5.72. The van der Waals surface area contributed by atoms with Gasteiger partial charge in [-0.3, -0.25) is 4.79 Å². The number of nitrogens with one attached hydrogen (secondary N) is 2. The van der Waals surface area contributed by atoms with Crippen LogP contribution in [0.4, 0.5) is 4.79 Å². The summed E-state index contributed by atoms with van der Waals surface area (Å²) in [6.07, 6.45) is 3.07. The predicted molar refractivity (Wildman–Crippen MR) is 189 cm³/mol. The van der Waals surface area contributed by atoms with E-state index in [1.54, 1.807) is 0 Å². The number of rotatable bonds is 14. The fourth-order valence-corrected chi connectivity index (χ4v) is 7.28. The van der Waals surface area contributed by atoms with Crippen LogP contribution in [0.3, 0.4) is 0 Å². The second-order valence-electron chi connectivity index (χ2n) is 12.9. The Morgan fingerprint density at radius 1 is 1.12 bits per heavy atom. The molecule has 3 aromatic carbocycles. The van der Waals surface area contributed by atoms with Crippen LogP contribution in [0.5, 0.6) is 0 Å². The van der Waals surface area contributed by atoms with Gasteiger partial charge < -0.3 is 25.3 Å². The first-order valence-electron chi connectivity index (χ1n) is 17.0. The summed E-state index contributed by atoms with van der Waals surface area (Å²) in [7, 11) is 3.42. The number of carbonyl (C=O) groups excluding carboxylic acids is 1. The topological polar surface area (TPSA) is 148 Å². The summed E-state index contributed by atoms with van der Waals surface area (Å²) < 4.78 is 0. The van der Waals surface area contributed by atoms with Gasteiger partial charge in [-0.1, -0.05) is 72.3 Å². The first-order chi connectivity index (χ1) is 23.6. The molecule has 11 nitrogen and oxygen atoms in total. The Kier molecular flexibility index (Phi) is 12.0. The zero-order chi connectivity index (χ0) is 35.0. The molecule has 4 N–H and O–H groups in total. The van der Waals surface area contributed by atoms with Crippen molar-refractivity contribution in [2.45, 2.75) is 64.0 Å². The van der Waals surface area contributed by atoms with E-state index in [1.165, 1.54) is 11.9 Å². The van der Waals surface area contributed by atoms with Crippen molar-refractivity contribution in [1.82, 2.24) is 35.7 Å². The van der Waals surface area contributed by atoms with E-state index in [9.17, 15) is 19.8 Å². The number of hydrogen-bond acceptors (Lipinski definition) is 7. The van der Waals surface area contributed by atoms with Gasteiger partial charge >= 0.3 is 6.09 Å². The van der Waals surface area contributed by atoms with Gasteiger partial charge in [0.15, 0.2) is 5.82 Å². The van der Waals surface area contributed by atoms with Crippen molar-refractivity contribution in [3.63, 3.8) is 0 Å². The van der Waals surface area contributed by atoms with E-state index < -0.39 is 11.7 Å². The Labute approximate surface area is 292 Å². The smallest absolute Gasteiger partial charge is 0.407 e. The first-order valence-corrected chi connectivity index (χ1v) is 17.3. The number of H-pyrrole nitrogens is 1. The van der Waals surface area contributed by atoms with Crippen LogP contribution in [0.1, 0.15) is 71.0 Å². The number of aliphatic hydroxyl groups is 1. The molecule has 2 heterocycles. The fraction of sp³-hybridized carbons (Fsp3) is 0.432. The highest BCUT2D eigenvalue weighted by Gasteiger charge is 2.43. The first kappa shape index (κ1) is 36.0. The molecule has 0 saturated carbocycles. The molecule has 12 heteroatoms. The summed E-state index contributed by atoms with van der Waals surface area (Å²) in [5.74, 6) is 0.174. The summed E-state index contributed by atoms with van der Waals surface area (Å²) in [5, 5.41) is 40.5. The number of tetrazole rings is 1. The number of aromatic nitrogens is 4. The van der Waals surface area contributed by atoms with Gasteiger partial charge in [0.2, 0.25) is 0 Å². The molecule has 5 rings (SSSR count). The molecule has 0 aliphatic carbocycles. The number of aryl methyl sites for hydroxylation is 3. The van der Waals surface area contributed by atoms with E-state index in [2.05, 4.69) is 51.1 Å². The van der Waals surface area contributed by atoms with Gasteiger partial charge in [0.1, 0.15) is 0 Å². The Hall–Kier alpha value is -4.32. The van der Waals surface area contributed by atoms with Crippen LogP contribution in [0, 0.1) is 5.92 Å². The lowest BCUT2D eigenvalue weighted by atomic mass is 9.72. The Morgan fingerprint density at radius 3 is 2.67 bits per heavy atom. The van der Waals surface area contributed by atoms with Crippen molar-refractivity contribution in [2.24, 2.45) is 5.92 Å². The van der Waals surface area contributed by atoms with Gasteiger partial charge in [0.05, 0.1) is 5.60 Å². The Bertz CT molecular complexity index is 1730. The summed E-state index contributed by atoms with van der Waals surface area (Å²) in [4.78, 5) is 29.0. The SMILES string of the molecule is CCc1cccc(-c2c(Cl)cccc2C(O)(CCCN(C)C(=O)O)[C@@H]2CCCN(C(=O)c3ccc(CNC)cc3CCc3nn[nH]n3)C2)c1. The van der Waals surface area contributed by atoms with Crippen LogP contribution < -0.4 is 5.32 Å². The Morgan fingerprint density at radius 2 is 1.94 bits per heavy atom. The maximum absolute atomic E-state index is 14.3. The molecule has 4 aromatic rings. The molecule has 1 unspecified atom stereocenters. The summed E-state index contributed by atoms with van der Waals surface area (Å²) in [5.41, 5.74) is 4.74. The molecule has 1 saturated heterocycles. The standard InChI is InChI=1S/C37H46ClN7O4/c1-4-25-9-5-10-28(21-25)34-31(12-6-13-32(34)38)37(49,18-8-19-44(3)36(47)48)29-11-7-20-45(24-29)35(46)30-16-14-26(23-39-2)22-27(30)15-17-33-40-42-43-41-33/h5-6,9-10,12-14,16,21-22,29,39,49H,4,7-8,11,15,17-20,23-24H2,1-3H3,(H,47,48)(H,40,41,42,43)/t29-,37?/m1/s1. The zero-order valence-corrected chi connectivity index (χ0v) is 29.2. The van der Waals surface area contributed by atoms with Gasteiger partial charge in [-0.2, -0.15) is 5.21 Å². The van der Waals surface area contributed by atoms with Crippen molar-refractivity contribution < 1.29 is 19.8 Å². The number of amides is 2. The molecule has 0 radical (unpaired) electrons. The van der Waals surface area contributed by atoms with Crippen LogP contribution in [-0.4, -0.2) is 86.4 Å². The third-order valence-corrected chi connectivity index (χ3v) is 9.97. The van der Waals surface area contributed by atoms with Gasteiger partial charge in [0.25, 0.3) is 5.91 Å². The fourth-order valence-electron chi connectivity index (χ4n) is 7.00. The summed E-state index contributed by atoms with van der Waals surface area (Å²) in [6.45, 7) is 3.93. The second kappa shape index (κ2) is 16.4. The van der Waals surface area contributed by atoms with E-state index in [1.807, 2.05) is 54.4 Å². The lowest BCUT2D eigenvalue weighted by Crippen LogP contribution is -2.48. The normalized spacial score (nSPS) is 15.9. The number of carbonyl (C=O) groups is 2. The van der Waals surface area contributed by atoms with Crippen LogP contribution in [0.2, 0.25) is 5.02 Å². The molecule has 1 aliphatic heterocycles. The lowest BCUT2D eigenvalue weighted by molar-refractivity contribution is -0.0572. The van der Waals surface area contributed by atoms with Gasteiger partial charge in [-0.25, -0.2) is 4.79 Å². The summed E-state index contributed by atoms with van der Waals surface area (Å²) in [6, 6.07) is 19.7. The number of aromatic amines is 1. The van der Waals surface area contributed by atoms with Crippen LogP contribution in [0.15, 0.2) is 60.7 Å². The zero-order valence-electron chi connectivity index (χ0n) is 28.5. The average Bonchev–Trinajstić information content (AvgIpc) is 3.64. The van der Waals surface area contributed by atoms with Crippen molar-refractivity contribution >= 4 is 23.6 Å². The van der Waals surface area contributed by atoms with Crippen molar-refractivity contribution in [1.29, 1.82) is 0 Å². The Balaban J connectivity index is 1.49. The second-order valence-corrected chi connectivity index (χ2v) is 13.3. The van der Waals surface area contributed by atoms with Crippen molar-refractivity contribution in [3.05, 3.63) is 99.3 Å². The van der Waals surface area contributed by atoms with Crippen LogP contribution in [-0.2, 0) is 31.4 Å². The number of nitrogens with zero attached hydrogens (tertiary/aromatic N) is 5. The molecule has 0 bridgehead atoms. The van der Waals surface area contributed by atoms with E-state index in [4.69, 9.17) is 11.6 Å². The number of piperidine rings is 1. The van der Waals surface area contributed by atoms with E-state index in [0.29, 0.717) is 80.1 Å². The minimum absolute atomic E-state index is 0.0845. The molecule has 2 amide bonds. The highest BCUT2D eigenvalue weighted by Crippen LogP contribution is 2.46. The average molecular weight is 688 g/mol. The number of carboxylic acid groups (broad SMARTS) is 1. The molecule has 0 spiro atoms. The molecule has 260 valence electrons. The molecule has 1 aliphatic rings. The third-order valence-electron chi connectivity index (χ3n) is 9.65. The third kappa shape index (κ3) is 8.46.